The van der Waals surface area contributed by atoms with Gasteiger partial charge < -0.3 is 9.15 Å². The molecule has 42 heavy (non-hydrogen) atoms. The Kier molecular flexibility index (Phi) is 7.09. The summed E-state index contributed by atoms with van der Waals surface area (Å²) in [6.45, 7) is 0.459. The van der Waals surface area contributed by atoms with Crippen LogP contribution in [-0.2, 0) is 6.61 Å². The highest BCUT2D eigenvalue weighted by molar-refractivity contribution is 14.1. The lowest BCUT2D eigenvalue weighted by molar-refractivity contribution is 0.305. The number of furan rings is 1. The number of hydrogen-bond acceptors (Lipinski definition) is 5. The molecule has 6 nitrogen and oxygen atoms in total. The smallest absolute Gasteiger partial charge is 0.282 e. The molecule has 0 unspecified atom stereocenters. The van der Waals surface area contributed by atoms with Gasteiger partial charge in [0.05, 0.1) is 20.7 Å². The molecule has 7 aromatic rings. The predicted molar refractivity (Wildman–Crippen MR) is 179 cm³/mol. The fourth-order valence-corrected chi connectivity index (χ4v) is 6.00. The average molecular weight is 726 g/mol. The molecule has 7 rings (SSSR count). The molecule has 0 aliphatic rings. The lowest BCUT2D eigenvalue weighted by Gasteiger charge is -2.11. The number of ether oxygens (including phenoxy) is 1. The van der Waals surface area contributed by atoms with Gasteiger partial charge in [0.15, 0.2) is 5.76 Å². The average Bonchev–Trinajstić information content (AvgIpc) is 3.43. The van der Waals surface area contributed by atoms with Gasteiger partial charge in [-0.15, -0.1) is 0 Å². The van der Waals surface area contributed by atoms with Gasteiger partial charge in [0.25, 0.3) is 5.56 Å². The zero-order valence-electron chi connectivity index (χ0n) is 22.0. The second-order valence-corrected chi connectivity index (χ2v) is 11.8. The third-order valence-corrected chi connectivity index (χ3v) is 8.33. The fourth-order valence-electron chi connectivity index (χ4n) is 4.93. The topological polar surface area (TPSA) is 69.6 Å². The van der Waals surface area contributed by atoms with E-state index in [1.165, 1.54) is 15.4 Å². The van der Waals surface area contributed by atoms with Crippen LogP contribution in [0.2, 0.25) is 0 Å². The predicted octanol–water partition coefficient (Wildman–Crippen LogP) is 8.79. The van der Waals surface area contributed by atoms with Gasteiger partial charge in [-0.25, -0.2) is 4.98 Å². The van der Waals surface area contributed by atoms with Gasteiger partial charge in [-0.3, -0.25) is 4.79 Å². The number of hydrogen-bond donors (Lipinski definition) is 0. The molecule has 0 atom stereocenters. The minimum atomic E-state index is -0.279. The molecule has 0 saturated carbocycles. The van der Waals surface area contributed by atoms with Crippen LogP contribution in [-0.4, -0.2) is 15.9 Å². The molecule has 204 valence electrons. The van der Waals surface area contributed by atoms with Crippen LogP contribution < -0.4 is 10.3 Å². The van der Waals surface area contributed by atoms with Gasteiger partial charge in [-0.1, -0.05) is 70.5 Å². The van der Waals surface area contributed by atoms with E-state index in [0.717, 1.165) is 30.3 Å². The lowest BCUT2D eigenvalue weighted by Crippen LogP contribution is -2.20. The van der Waals surface area contributed by atoms with Gasteiger partial charge >= 0.3 is 0 Å². The van der Waals surface area contributed by atoms with Crippen molar-refractivity contribution in [1.29, 1.82) is 0 Å². The van der Waals surface area contributed by atoms with E-state index in [-0.39, 0.29) is 5.56 Å². The minimum Gasteiger partial charge on any atom is -0.488 e. The quantitative estimate of drug-likeness (QED) is 0.127. The van der Waals surface area contributed by atoms with Gasteiger partial charge in [0.2, 0.25) is 5.82 Å². The maximum atomic E-state index is 13.6. The highest BCUT2D eigenvalue weighted by Crippen LogP contribution is 2.30. The first-order chi connectivity index (χ1) is 20.5. The van der Waals surface area contributed by atoms with Crippen LogP contribution in [0.3, 0.4) is 0 Å². The zero-order chi connectivity index (χ0) is 28.6. The molecular weight excluding hydrogens is 705 g/mol. The molecule has 0 amide bonds. The van der Waals surface area contributed by atoms with E-state index in [1.807, 2.05) is 78.9 Å². The van der Waals surface area contributed by atoms with Gasteiger partial charge in [0.1, 0.15) is 17.9 Å². The monoisotopic (exact) mass is 725 g/mol. The highest BCUT2D eigenvalue weighted by Gasteiger charge is 2.17. The molecule has 2 heterocycles. The van der Waals surface area contributed by atoms with E-state index < -0.39 is 0 Å². The Labute approximate surface area is 262 Å². The zero-order valence-corrected chi connectivity index (χ0v) is 25.7. The Balaban J connectivity index is 1.22. The molecule has 0 aliphatic carbocycles. The van der Waals surface area contributed by atoms with Crippen molar-refractivity contribution < 1.29 is 9.15 Å². The molecule has 0 bridgehead atoms. The summed E-state index contributed by atoms with van der Waals surface area (Å²) < 4.78 is 15.5. The van der Waals surface area contributed by atoms with Crippen LogP contribution in [0.1, 0.15) is 11.1 Å². The number of halogens is 2. The van der Waals surface area contributed by atoms with E-state index in [0.29, 0.717) is 34.7 Å². The van der Waals surface area contributed by atoms with Gasteiger partial charge in [-0.2, -0.15) is 9.78 Å². The second-order valence-electron chi connectivity index (χ2n) is 9.72. The molecular formula is C34H21BrIN3O3. The summed E-state index contributed by atoms with van der Waals surface area (Å²) in [5, 5.41) is 8.33. The molecule has 0 radical (unpaired) electrons. The summed E-state index contributed by atoms with van der Waals surface area (Å²) in [6, 6.07) is 35.2. The number of fused-ring (bicyclic) bond motifs is 3. The van der Waals surface area contributed by atoms with Crippen molar-refractivity contribution in [1.82, 2.24) is 9.66 Å². The Morgan fingerprint density at radius 3 is 2.57 bits per heavy atom. The molecule has 2 aromatic heterocycles. The maximum Gasteiger partial charge on any atom is 0.282 e. The molecule has 8 heteroatoms. The largest absolute Gasteiger partial charge is 0.488 e. The third kappa shape index (κ3) is 5.12. The summed E-state index contributed by atoms with van der Waals surface area (Å²) in [7, 11) is 0. The number of benzene rings is 5. The van der Waals surface area contributed by atoms with E-state index >= 15 is 0 Å². The summed E-state index contributed by atoms with van der Waals surface area (Å²) in [5.74, 6) is 1.56. The Hall–Kier alpha value is -4.28. The van der Waals surface area contributed by atoms with Crippen LogP contribution in [0.5, 0.6) is 5.75 Å². The summed E-state index contributed by atoms with van der Waals surface area (Å²) >= 11 is 5.76. The van der Waals surface area contributed by atoms with E-state index in [4.69, 9.17) is 14.1 Å². The van der Waals surface area contributed by atoms with Crippen molar-refractivity contribution in [3.05, 3.63) is 139 Å². The van der Waals surface area contributed by atoms with Crippen molar-refractivity contribution in [2.24, 2.45) is 5.10 Å². The summed E-state index contributed by atoms with van der Waals surface area (Å²) in [6.07, 6.45) is 1.65. The van der Waals surface area contributed by atoms with Crippen LogP contribution >= 0.6 is 38.5 Å². The first-order valence-corrected chi connectivity index (χ1v) is 15.1. The van der Waals surface area contributed by atoms with Crippen molar-refractivity contribution in [2.45, 2.75) is 6.61 Å². The normalized spacial score (nSPS) is 11.7. The van der Waals surface area contributed by atoms with E-state index in [1.54, 1.807) is 12.3 Å². The Morgan fingerprint density at radius 2 is 1.69 bits per heavy atom. The maximum absolute atomic E-state index is 13.6. The molecule has 0 spiro atoms. The van der Waals surface area contributed by atoms with Crippen molar-refractivity contribution in [3.8, 4) is 17.3 Å². The first kappa shape index (κ1) is 26.6. The van der Waals surface area contributed by atoms with E-state index in [2.05, 4.69) is 67.9 Å². The molecule has 0 N–H and O–H groups in total. The van der Waals surface area contributed by atoms with Gasteiger partial charge in [-0.05, 0) is 99.1 Å². The standard InChI is InChI=1S/C34H21BrIN3O3/c35-25-13-15-30-24(17-25)18-32(42-30)33-38-29-11-4-3-10-27(29)34(40)39(33)37-19-21-12-14-31(28(36)16-21)41-20-23-8-5-7-22-6-1-2-9-26(22)23/h1-19H,20H2. The number of aromatic nitrogens is 2. The summed E-state index contributed by atoms with van der Waals surface area (Å²) in [5.41, 5.74) is 2.94. The second kappa shape index (κ2) is 11.2. The third-order valence-electron chi connectivity index (χ3n) is 6.99. The molecule has 5 aromatic carbocycles. The molecule has 0 aliphatic heterocycles. The van der Waals surface area contributed by atoms with Crippen LogP contribution in [0.15, 0.2) is 128 Å². The van der Waals surface area contributed by atoms with E-state index in [9.17, 15) is 4.79 Å². The van der Waals surface area contributed by atoms with Crippen molar-refractivity contribution in [3.63, 3.8) is 0 Å². The first-order valence-electron chi connectivity index (χ1n) is 13.2. The molecule has 0 fully saturated rings. The number of rotatable bonds is 6. The SMILES string of the molecule is O=c1c2ccccc2nc(-c2cc3cc(Br)ccc3o2)n1N=Cc1ccc(OCc2cccc3ccccc23)c(I)c1. The Morgan fingerprint density at radius 1 is 0.881 bits per heavy atom. The van der Waals surface area contributed by atoms with Crippen molar-refractivity contribution in [2.75, 3.05) is 0 Å². The van der Waals surface area contributed by atoms with Gasteiger partial charge in [0, 0.05) is 9.86 Å². The number of para-hydroxylation sites is 1. The summed E-state index contributed by atoms with van der Waals surface area (Å²) in [4.78, 5) is 18.4. The van der Waals surface area contributed by atoms with Crippen LogP contribution in [0.4, 0.5) is 0 Å². The highest BCUT2D eigenvalue weighted by atomic mass is 127. The van der Waals surface area contributed by atoms with Crippen molar-refractivity contribution >= 4 is 77.4 Å². The Bertz CT molecular complexity index is 2220. The molecule has 0 saturated heterocycles. The van der Waals surface area contributed by atoms with Crippen LogP contribution in [0, 0.1) is 3.57 Å². The fraction of sp³-hybridized carbons (Fsp3) is 0.0294. The van der Waals surface area contributed by atoms with Crippen LogP contribution in [0.25, 0.3) is 44.2 Å². The minimum absolute atomic E-state index is 0.279. The number of nitrogens with zero attached hydrogens (tertiary/aromatic N) is 3. The lowest BCUT2D eigenvalue weighted by atomic mass is 10.1.